The molecule has 1 atom stereocenters. The van der Waals surface area contributed by atoms with E-state index in [4.69, 9.17) is 4.74 Å². The smallest absolute Gasteiger partial charge is 0.319 e. The highest BCUT2D eigenvalue weighted by molar-refractivity contribution is 7.98. The molecule has 1 saturated heterocycles. The molecule has 2 N–H and O–H groups in total. The Bertz CT molecular complexity index is 660. The zero-order valence-corrected chi connectivity index (χ0v) is 14.2. The number of hydrogen-bond donors (Lipinski definition) is 2. The molecule has 0 aliphatic carbocycles. The van der Waals surface area contributed by atoms with Crippen LogP contribution in [0.25, 0.3) is 0 Å². The number of nitrogens with zero attached hydrogens (tertiary/aromatic N) is 1. The van der Waals surface area contributed by atoms with Gasteiger partial charge in [0.05, 0.1) is 11.1 Å². The van der Waals surface area contributed by atoms with Crippen LogP contribution in [0.2, 0.25) is 0 Å². The monoisotopic (exact) mass is 343 g/mol. The van der Waals surface area contributed by atoms with Gasteiger partial charge in [0.25, 0.3) is 0 Å². The Morgan fingerprint density at radius 1 is 1.29 bits per heavy atom. The number of amides is 2. The molecule has 2 aromatic rings. The summed E-state index contributed by atoms with van der Waals surface area (Å²) in [4.78, 5) is 16.3. The van der Waals surface area contributed by atoms with Crippen LogP contribution in [-0.4, -0.2) is 30.3 Å². The maximum Gasteiger partial charge on any atom is 0.319 e. The predicted octanol–water partition coefficient (Wildman–Crippen LogP) is 3.67. The van der Waals surface area contributed by atoms with Gasteiger partial charge in [-0.1, -0.05) is 18.2 Å². The third-order valence-corrected chi connectivity index (χ3v) is 4.74. The second kappa shape index (κ2) is 8.70. The Hall–Kier alpha value is -2.05. The number of rotatable bonds is 6. The second-order valence-electron chi connectivity index (χ2n) is 5.63. The second-order valence-corrected chi connectivity index (χ2v) is 6.62. The first-order valence-corrected chi connectivity index (χ1v) is 9.07. The molecule has 1 aromatic carbocycles. The predicted molar refractivity (Wildman–Crippen MR) is 96.2 cm³/mol. The van der Waals surface area contributed by atoms with E-state index in [9.17, 15) is 4.79 Å². The van der Waals surface area contributed by atoms with E-state index in [1.807, 2.05) is 42.5 Å². The van der Waals surface area contributed by atoms with Gasteiger partial charge in [0, 0.05) is 30.8 Å². The van der Waals surface area contributed by atoms with E-state index >= 15 is 0 Å². The molecule has 126 valence electrons. The molecule has 0 unspecified atom stereocenters. The van der Waals surface area contributed by atoms with Crippen molar-refractivity contribution in [3.8, 4) is 0 Å². The summed E-state index contributed by atoms with van der Waals surface area (Å²) in [5.74, 6) is 0.810. The number of pyridine rings is 1. The first kappa shape index (κ1) is 16.8. The molecule has 0 spiro atoms. The first-order valence-electron chi connectivity index (χ1n) is 8.09. The molecule has 0 radical (unpaired) electrons. The lowest BCUT2D eigenvalue weighted by Gasteiger charge is -2.12. The summed E-state index contributed by atoms with van der Waals surface area (Å²) in [7, 11) is 0. The van der Waals surface area contributed by atoms with Gasteiger partial charge in [0.1, 0.15) is 0 Å². The Morgan fingerprint density at radius 3 is 3.04 bits per heavy atom. The normalized spacial score (nSPS) is 16.8. The van der Waals surface area contributed by atoms with Crippen molar-refractivity contribution in [1.29, 1.82) is 0 Å². The van der Waals surface area contributed by atoms with E-state index in [-0.39, 0.29) is 12.1 Å². The van der Waals surface area contributed by atoms with Crippen molar-refractivity contribution in [3.63, 3.8) is 0 Å². The molecule has 2 heterocycles. The summed E-state index contributed by atoms with van der Waals surface area (Å²) >= 11 is 1.67. The van der Waals surface area contributed by atoms with Crippen LogP contribution >= 0.6 is 11.8 Å². The quantitative estimate of drug-likeness (QED) is 0.786. The molecule has 6 heteroatoms. The molecule has 1 aliphatic heterocycles. The van der Waals surface area contributed by atoms with Crippen molar-refractivity contribution in [1.82, 2.24) is 10.3 Å². The third kappa shape index (κ3) is 5.25. The number of aromatic nitrogens is 1. The number of ether oxygens (including phenoxy) is 1. The van der Waals surface area contributed by atoms with E-state index in [1.165, 1.54) is 0 Å². The third-order valence-electron chi connectivity index (χ3n) is 3.72. The molecule has 1 aliphatic rings. The van der Waals surface area contributed by atoms with E-state index in [0.29, 0.717) is 6.54 Å². The van der Waals surface area contributed by atoms with Gasteiger partial charge in [-0.05, 0) is 42.7 Å². The zero-order valence-electron chi connectivity index (χ0n) is 13.4. The Labute approximate surface area is 146 Å². The SMILES string of the molecule is O=C(NC[C@H]1CCCO1)Nc1cccc(CSc2ccccn2)c1. The van der Waals surface area contributed by atoms with Crippen molar-refractivity contribution in [2.24, 2.45) is 0 Å². The van der Waals surface area contributed by atoms with Crippen LogP contribution in [0.15, 0.2) is 53.7 Å². The summed E-state index contributed by atoms with van der Waals surface area (Å²) in [5.41, 5.74) is 1.93. The maximum absolute atomic E-state index is 12.0. The van der Waals surface area contributed by atoms with Crippen molar-refractivity contribution < 1.29 is 9.53 Å². The minimum atomic E-state index is -0.194. The largest absolute Gasteiger partial charge is 0.376 e. The standard InChI is InChI=1S/C18H21N3O2S/c22-18(20-12-16-7-4-10-23-16)21-15-6-3-5-14(11-15)13-24-17-8-1-2-9-19-17/h1-3,5-6,8-9,11,16H,4,7,10,12-13H2,(H2,20,21,22)/t16-/m1/s1. The van der Waals surface area contributed by atoms with Crippen LogP contribution in [0, 0.1) is 0 Å². The lowest BCUT2D eigenvalue weighted by molar-refractivity contribution is 0.112. The number of carbonyl (C=O) groups excluding carboxylic acids is 1. The lowest BCUT2D eigenvalue weighted by atomic mass is 10.2. The molecule has 3 rings (SSSR count). The fraction of sp³-hybridized carbons (Fsp3) is 0.333. The van der Waals surface area contributed by atoms with Crippen LogP contribution in [0.4, 0.5) is 10.5 Å². The summed E-state index contributed by atoms with van der Waals surface area (Å²) in [6.45, 7) is 1.35. The van der Waals surface area contributed by atoms with Crippen molar-refractivity contribution in [2.45, 2.75) is 29.7 Å². The van der Waals surface area contributed by atoms with Crippen molar-refractivity contribution >= 4 is 23.5 Å². The number of urea groups is 1. The molecule has 1 aromatic heterocycles. The molecule has 5 nitrogen and oxygen atoms in total. The minimum absolute atomic E-state index is 0.150. The van der Waals surface area contributed by atoms with E-state index in [0.717, 1.165) is 41.5 Å². The fourth-order valence-corrected chi connectivity index (χ4v) is 3.32. The number of nitrogens with one attached hydrogen (secondary N) is 2. The molecule has 0 bridgehead atoms. The summed E-state index contributed by atoms with van der Waals surface area (Å²) in [6.07, 6.45) is 4.03. The van der Waals surface area contributed by atoms with Gasteiger partial charge in [-0.2, -0.15) is 0 Å². The summed E-state index contributed by atoms with van der Waals surface area (Å²) < 4.78 is 5.50. The average Bonchev–Trinajstić information content (AvgIpc) is 3.13. The van der Waals surface area contributed by atoms with Gasteiger partial charge in [-0.3, -0.25) is 0 Å². The highest BCUT2D eigenvalue weighted by Gasteiger charge is 2.16. The van der Waals surface area contributed by atoms with E-state index in [2.05, 4.69) is 15.6 Å². The molecule has 2 amide bonds. The van der Waals surface area contributed by atoms with Gasteiger partial charge < -0.3 is 15.4 Å². The Morgan fingerprint density at radius 2 is 2.25 bits per heavy atom. The number of thioether (sulfide) groups is 1. The number of anilines is 1. The Kier molecular flexibility index (Phi) is 6.09. The lowest BCUT2D eigenvalue weighted by Crippen LogP contribution is -2.35. The first-order chi connectivity index (χ1) is 11.8. The number of hydrogen-bond acceptors (Lipinski definition) is 4. The van der Waals surface area contributed by atoms with Crippen LogP contribution in [0.3, 0.4) is 0 Å². The Balaban J connectivity index is 1.48. The average molecular weight is 343 g/mol. The van der Waals surface area contributed by atoms with Gasteiger partial charge >= 0.3 is 6.03 Å². The van der Waals surface area contributed by atoms with E-state index in [1.54, 1.807) is 18.0 Å². The zero-order chi connectivity index (χ0) is 16.6. The summed E-state index contributed by atoms with van der Waals surface area (Å²) in [5, 5.41) is 6.72. The topological polar surface area (TPSA) is 63.2 Å². The van der Waals surface area contributed by atoms with Gasteiger partial charge in [0.2, 0.25) is 0 Å². The minimum Gasteiger partial charge on any atom is -0.376 e. The van der Waals surface area contributed by atoms with Crippen LogP contribution in [0.1, 0.15) is 18.4 Å². The molecule has 24 heavy (non-hydrogen) atoms. The highest BCUT2D eigenvalue weighted by Crippen LogP contribution is 2.22. The molecular weight excluding hydrogens is 322 g/mol. The number of benzene rings is 1. The molecular formula is C18H21N3O2S. The van der Waals surface area contributed by atoms with E-state index < -0.39 is 0 Å². The molecule has 1 fully saturated rings. The van der Waals surface area contributed by atoms with Crippen LogP contribution < -0.4 is 10.6 Å². The maximum atomic E-state index is 12.0. The van der Waals surface area contributed by atoms with Gasteiger partial charge in [-0.25, -0.2) is 9.78 Å². The van der Waals surface area contributed by atoms with Crippen molar-refractivity contribution in [2.75, 3.05) is 18.5 Å². The van der Waals surface area contributed by atoms with Crippen molar-refractivity contribution in [3.05, 3.63) is 54.2 Å². The van der Waals surface area contributed by atoms with Crippen LogP contribution in [0.5, 0.6) is 0 Å². The number of carbonyl (C=O) groups is 1. The fourth-order valence-electron chi connectivity index (χ4n) is 2.52. The van der Waals surface area contributed by atoms with Gasteiger partial charge in [-0.15, -0.1) is 11.8 Å². The van der Waals surface area contributed by atoms with Gasteiger partial charge in [0.15, 0.2) is 0 Å². The van der Waals surface area contributed by atoms with Crippen LogP contribution in [-0.2, 0) is 10.5 Å². The summed E-state index contributed by atoms with van der Waals surface area (Å²) in [6, 6.07) is 13.6. The molecule has 0 saturated carbocycles. The highest BCUT2D eigenvalue weighted by atomic mass is 32.2.